The summed E-state index contributed by atoms with van der Waals surface area (Å²) in [5.41, 5.74) is 1.65. The van der Waals surface area contributed by atoms with E-state index in [-0.39, 0.29) is 23.9 Å². The highest BCUT2D eigenvalue weighted by Gasteiger charge is 2.22. The van der Waals surface area contributed by atoms with Crippen LogP contribution in [0.15, 0.2) is 76.6 Å². The molecule has 0 aliphatic heterocycles. The first-order chi connectivity index (χ1) is 19.5. The second-order valence-corrected chi connectivity index (χ2v) is 9.67. The third-order valence-corrected chi connectivity index (χ3v) is 6.83. The maximum absolute atomic E-state index is 13.4. The van der Waals surface area contributed by atoms with Gasteiger partial charge in [-0.3, -0.25) is 9.59 Å². The van der Waals surface area contributed by atoms with E-state index in [1.54, 1.807) is 30.5 Å². The van der Waals surface area contributed by atoms with Crippen molar-refractivity contribution in [2.24, 2.45) is 5.10 Å². The van der Waals surface area contributed by atoms with E-state index in [1.807, 2.05) is 25.1 Å². The molecule has 1 aliphatic carbocycles. The fraction of sp³-hybridized carbons (Fsp3) is 0.290. The van der Waals surface area contributed by atoms with E-state index < -0.39 is 5.91 Å². The smallest absolute Gasteiger partial charge is 0.282 e. The van der Waals surface area contributed by atoms with Crippen molar-refractivity contribution in [1.29, 1.82) is 0 Å². The number of anilines is 1. The Morgan fingerprint density at radius 1 is 1.05 bits per heavy atom. The predicted molar refractivity (Wildman–Crippen MR) is 153 cm³/mol. The Morgan fingerprint density at radius 3 is 2.60 bits per heavy atom. The number of benzene rings is 3. The van der Waals surface area contributed by atoms with Gasteiger partial charge in [0, 0.05) is 11.6 Å². The lowest BCUT2D eigenvalue weighted by molar-refractivity contribution is -0.118. The first-order valence-electron chi connectivity index (χ1n) is 13.5. The predicted octanol–water partition coefficient (Wildman–Crippen LogP) is 5.88. The first-order valence-corrected chi connectivity index (χ1v) is 13.5. The van der Waals surface area contributed by atoms with Crippen LogP contribution in [-0.2, 0) is 4.79 Å². The van der Waals surface area contributed by atoms with Crippen molar-refractivity contribution in [3.63, 3.8) is 0 Å². The van der Waals surface area contributed by atoms with Crippen molar-refractivity contribution in [3.05, 3.63) is 94.3 Å². The molecule has 0 saturated heterocycles. The van der Waals surface area contributed by atoms with E-state index in [1.165, 1.54) is 35.4 Å². The number of nitrogens with one attached hydrogen (secondary N) is 1. The van der Waals surface area contributed by atoms with Crippen LogP contribution in [0, 0.1) is 5.82 Å². The third kappa shape index (κ3) is 6.36. The number of carbonyl (C=O) groups is 1. The summed E-state index contributed by atoms with van der Waals surface area (Å²) in [7, 11) is 0. The molecule has 8 nitrogen and oxygen atoms in total. The average molecular weight is 543 g/mol. The fourth-order valence-corrected chi connectivity index (χ4v) is 4.87. The Labute approximate surface area is 231 Å². The van der Waals surface area contributed by atoms with Crippen molar-refractivity contribution < 1.29 is 18.7 Å². The van der Waals surface area contributed by atoms with E-state index >= 15 is 0 Å². The van der Waals surface area contributed by atoms with Gasteiger partial charge in [0.05, 0.1) is 23.7 Å². The minimum atomic E-state index is -0.391. The van der Waals surface area contributed by atoms with Crippen LogP contribution < -0.4 is 20.3 Å². The number of rotatable bonds is 9. The summed E-state index contributed by atoms with van der Waals surface area (Å²) in [6.45, 7) is 1.98. The Balaban J connectivity index is 1.37. The molecule has 1 aromatic heterocycles. The molecule has 3 aromatic carbocycles. The van der Waals surface area contributed by atoms with Gasteiger partial charge in [0.15, 0.2) is 18.1 Å². The zero-order valence-corrected chi connectivity index (χ0v) is 22.3. The Morgan fingerprint density at radius 2 is 1.82 bits per heavy atom. The van der Waals surface area contributed by atoms with Crippen LogP contribution in [-0.4, -0.2) is 35.0 Å². The highest BCUT2D eigenvalue weighted by Crippen LogP contribution is 2.32. The van der Waals surface area contributed by atoms with E-state index in [9.17, 15) is 14.0 Å². The van der Waals surface area contributed by atoms with E-state index in [2.05, 4.69) is 10.4 Å². The van der Waals surface area contributed by atoms with Gasteiger partial charge in [-0.05, 0) is 79.9 Å². The summed E-state index contributed by atoms with van der Waals surface area (Å²) in [4.78, 5) is 30.6. The van der Waals surface area contributed by atoms with Gasteiger partial charge in [0.25, 0.3) is 11.5 Å². The second-order valence-electron chi connectivity index (χ2n) is 9.67. The number of nitrogens with zero attached hydrogens (tertiary/aromatic N) is 3. The molecule has 4 aromatic rings. The van der Waals surface area contributed by atoms with Crippen LogP contribution in [0.1, 0.15) is 56.3 Å². The summed E-state index contributed by atoms with van der Waals surface area (Å²) >= 11 is 0. The highest BCUT2D eigenvalue weighted by molar-refractivity contribution is 5.92. The Kier molecular flexibility index (Phi) is 8.49. The zero-order chi connectivity index (χ0) is 27.9. The summed E-state index contributed by atoms with van der Waals surface area (Å²) in [5.74, 6) is 0.929. The van der Waals surface area contributed by atoms with Crippen molar-refractivity contribution in [1.82, 2.24) is 9.66 Å². The van der Waals surface area contributed by atoms with Crippen LogP contribution in [0.25, 0.3) is 10.9 Å². The fourth-order valence-electron chi connectivity index (χ4n) is 4.87. The van der Waals surface area contributed by atoms with Gasteiger partial charge < -0.3 is 14.8 Å². The van der Waals surface area contributed by atoms with Gasteiger partial charge >= 0.3 is 0 Å². The summed E-state index contributed by atoms with van der Waals surface area (Å²) in [5, 5.41) is 7.77. The number of aromatic nitrogens is 2. The molecule has 0 atom stereocenters. The van der Waals surface area contributed by atoms with Crippen molar-refractivity contribution in [3.8, 4) is 11.5 Å². The molecule has 1 saturated carbocycles. The highest BCUT2D eigenvalue weighted by atomic mass is 19.1. The molecule has 5 rings (SSSR count). The lowest BCUT2D eigenvalue weighted by atomic mass is 9.88. The minimum absolute atomic E-state index is 0.180. The minimum Gasteiger partial charge on any atom is -0.490 e. The first kappa shape index (κ1) is 27.1. The summed E-state index contributed by atoms with van der Waals surface area (Å²) in [6, 6.07) is 18.1. The normalized spacial score (nSPS) is 13.9. The number of hydrogen-bond acceptors (Lipinski definition) is 6. The molecule has 1 fully saturated rings. The molecule has 1 amide bonds. The molecule has 0 bridgehead atoms. The van der Waals surface area contributed by atoms with Gasteiger partial charge in [-0.25, -0.2) is 9.37 Å². The summed E-state index contributed by atoms with van der Waals surface area (Å²) in [6.07, 6.45) is 6.99. The molecule has 0 unspecified atom stereocenters. The lowest BCUT2D eigenvalue weighted by Crippen LogP contribution is -2.25. The largest absolute Gasteiger partial charge is 0.490 e. The number of fused-ring (bicyclic) bond motifs is 1. The Bertz CT molecular complexity index is 1580. The Hall–Kier alpha value is -4.53. The van der Waals surface area contributed by atoms with Crippen LogP contribution >= 0.6 is 0 Å². The van der Waals surface area contributed by atoms with E-state index in [0.717, 1.165) is 25.7 Å². The van der Waals surface area contributed by atoms with Crippen LogP contribution in [0.4, 0.5) is 10.1 Å². The maximum atomic E-state index is 13.4. The van der Waals surface area contributed by atoms with E-state index in [4.69, 9.17) is 14.5 Å². The quantitative estimate of drug-likeness (QED) is 0.267. The van der Waals surface area contributed by atoms with Gasteiger partial charge in [0.1, 0.15) is 11.6 Å². The molecule has 40 heavy (non-hydrogen) atoms. The van der Waals surface area contributed by atoms with Crippen LogP contribution in [0.5, 0.6) is 11.5 Å². The van der Waals surface area contributed by atoms with Crippen LogP contribution in [0.3, 0.4) is 0 Å². The molecule has 0 spiro atoms. The van der Waals surface area contributed by atoms with Gasteiger partial charge in [0.2, 0.25) is 0 Å². The van der Waals surface area contributed by atoms with Crippen molar-refractivity contribution in [2.75, 3.05) is 18.5 Å². The second kappa shape index (κ2) is 12.5. The zero-order valence-electron chi connectivity index (χ0n) is 22.3. The number of carbonyl (C=O) groups excluding carboxylic acids is 1. The van der Waals surface area contributed by atoms with Crippen molar-refractivity contribution in [2.45, 2.75) is 44.9 Å². The molecular formula is C31H31FN4O4. The SMILES string of the molecule is CCOc1cc(C=Nn2c(C3CCCCC3)nc3ccccc3c2=O)ccc1OCC(=O)Nc1ccc(F)cc1. The number of ether oxygens (including phenoxy) is 2. The molecule has 1 heterocycles. The molecule has 1 aliphatic rings. The third-order valence-electron chi connectivity index (χ3n) is 6.83. The molecule has 206 valence electrons. The topological polar surface area (TPSA) is 94.8 Å². The molecular weight excluding hydrogens is 511 g/mol. The summed E-state index contributed by atoms with van der Waals surface area (Å²) < 4.78 is 26.0. The van der Waals surface area contributed by atoms with Gasteiger partial charge in [-0.15, -0.1) is 0 Å². The van der Waals surface area contributed by atoms with Gasteiger partial charge in [-0.2, -0.15) is 9.78 Å². The standard InChI is InChI=1S/C31H31FN4O4/c1-2-39-28-18-21(12-17-27(28)40-20-29(37)34-24-15-13-23(32)14-16-24)19-33-36-30(22-8-4-3-5-9-22)35-26-11-7-6-10-25(26)31(36)38/h6-7,10-19,22H,2-5,8-9,20H2,1H3,(H,34,37). The maximum Gasteiger partial charge on any atom is 0.282 e. The van der Waals surface area contributed by atoms with Crippen LogP contribution in [0.2, 0.25) is 0 Å². The molecule has 9 heteroatoms. The van der Waals surface area contributed by atoms with E-state index in [0.29, 0.717) is 46.1 Å². The number of para-hydroxylation sites is 1. The molecule has 1 N–H and O–H groups in total. The van der Waals surface area contributed by atoms with Gasteiger partial charge in [-0.1, -0.05) is 31.4 Å². The molecule has 0 radical (unpaired) electrons. The number of amides is 1. The average Bonchev–Trinajstić information content (AvgIpc) is 2.98. The number of hydrogen-bond donors (Lipinski definition) is 1. The number of halogens is 1. The monoisotopic (exact) mass is 542 g/mol. The lowest BCUT2D eigenvalue weighted by Gasteiger charge is -2.22. The van der Waals surface area contributed by atoms with Crippen molar-refractivity contribution >= 4 is 28.7 Å².